The number of anilines is 2. The highest BCUT2D eigenvalue weighted by Crippen LogP contribution is 2.22. The van der Waals surface area contributed by atoms with Crippen LogP contribution in [0.5, 0.6) is 5.75 Å². The Kier molecular flexibility index (Phi) is 7.28. The molecule has 1 N–H and O–H groups in total. The predicted octanol–water partition coefficient (Wildman–Crippen LogP) is 2.03. The monoisotopic (exact) mass is 432 g/mol. The third kappa shape index (κ3) is 6.17. The number of nitrogens with zero attached hydrogens (tertiary/aromatic N) is 3. The Balaban J connectivity index is 1.63. The summed E-state index contributed by atoms with van der Waals surface area (Å²) in [4.78, 5) is 21.3. The molecule has 0 aliphatic carbocycles. The fourth-order valence-electron chi connectivity index (χ4n) is 3.26. The number of sulfone groups is 1. The highest BCUT2D eigenvalue weighted by atomic mass is 32.2. The van der Waals surface area contributed by atoms with Crippen LogP contribution in [0.2, 0.25) is 0 Å². The van der Waals surface area contributed by atoms with Crippen LogP contribution < -0.4 is 10.1 Å². The van der Waals surface area contributed by atoms with E-state index in [4.69, 9.17) is 4.74 Å². The van der Waals surface area contributed by atoms with Crippen LogP contribution in [0, 0.1) is 0 Å². The van der Waals surface area contributed by atoms with Crippen LogP contribution in [0.3, 0.4) is 0 Å². The number of rotatable bonds is 8. The second-order valence-electron chi connectivity index (χ2n) is 7.25. The number of hydrogen-bond acceptors (Lipinski definition) is 7. The predicted molar refractivity (Wildman–Crippen MR) is 117 cm³/mol. The Bertz CT molecular complexity index is 955. The smallest absolute Gasteiger partial charge is 0.257 e. The number of ether oxygens (including phenoxy) is 1. The van der Waals surface area contributed by atoms with Crippen molar-refractivity contribution in [1.82, 2.24) is 14.8 Å². The number of benzene rings is 1. The number of piperazine rings is 1. The molecule has 8 nitrogen and oxygen atoms in total. The van der Waals surface area contributed by atoms with Gasteiger partial charge in [-0.2, -0.15) is 0 Å². The van der Waals surface area contributed by atoms with E-state index in [0.29, 0.717) is 50.7 Å². The lowest BCUT2D eigenvalue weighted by Crippen LogP contribution is -2.49. The minimum atomic E-state index is -2.98. The Hall–Kier alpha value is -2.65. The molecule has 162 valence electrons. The summed E-state index contributed by atoms with van der Waals surface area (Å²) in [5.74, 6) is 1.35. The first-order valence-electron chi connectivity index (χ1n) is 10.00. The van der Waals surface area contributed by atoms with E-state index in [9.17, 15) is 13.2 Å². The van der Waals surface area contributed by atoms with Crippen LogP contribution in [-0.2, 0) is 9.84 Å². The van der Waals surface area contributed by atoms with Crippen molar-refractivity contribution in [1.29, 1.82) is 0 Å². The summed E-state index contributed by atoms with van der Waals surface area (Å²) in [6.45, 7) is 5.46. The normalized spacial score (nSPS) is 15.1. The maximum absolute atomic E-state index is 13.1. The molecule has 30 heavy (non-hydrogen) atoms. The molecule has 0 radical (unpaired) electrons. The van der Waals surface area contributed by atoms with E-state index in [-0.39, 0.29) is 11.7 Å². The summed E-state index contributed by atoms with van der Waals surface area (Å²) >= 11 is 0. The van der Waals surface area contributed by atoms with Crippen molar-refractivity contribution in [3.05, 3.63) is 48.2 Å². The van der Waals surface area contributed by atoms with Crippen molar-refractivity contribution in [2.24, 2.45) is 0 Å². The Labute approximate surface area is 177 Å². The molecule has 0 saturated carbocycles. The molecule has 1 aliphatic rings. The number of aromatic nitrogens is 1. The molecule has 2 heterocycles. The maximum atomic E-state index is 13.1. The van der Waals surface area contributed by atoms with Crippen molar-refractivity contribution >= 4 is 27.2 Å². The lowest BCUT2D eigenvalue weighted by Gasteiger charge is -2.34. The van der Waals surface area contributed by atoms with E-state index in [1.807, 2.05) is 31.2 Å². The molecule has 1 aromatic carbocycles. The minimum absolute atomic E-state index is 0.0840. The van der Waals surface area contributed by atoms with Crippen molar-refractivity contribution in [3.8, 4) is 5.75 Å². The molecular formula is C21H28N4O4S. The Morgan fingerprint density at radius 1 is 1.13 bits per heavy atom. The molecule has 1 saturated heterocycles. The van der Waals surface area contributed by atoms with Crippen LogP contribution >= 0.6 is 0 Å². The van der Waals surface area contributed by atoms with Gasteiger partial charge in [-0.25, -0.2) is 13.4 Å². The van der Waals surface area contributed by atoms with Gasteiger partial charge in [0.05, 0.1) is 17.9 Å². The van der Waals surface area contributed by atoms with Gasteiger partial charge in [-0.3, -0.25) is 9.69 Å². The second-order valence-corrected chi connectivity index (χ2v) is 9.51. The zero-order valence-corrected chi connectivity index (χ0v) is 18.2. The third-order valence-electron chi connectivity index (χ3n) is 4.90. The van der Waals surface area contributed by atoms with E-state index >= 15 is 0 Å². The lowest BCUT2D eigenvalue weighted by atomic mass is 10.2. The quantitative estimate of drug-likeness (QED) is 0.682. The second kappa shape index (κ2) is 9.90. The van der Waals surface area contributed by atoms with Crippen molar-refractivity contribution in [2.45, 2.75) is 6.92 Å². The van der Waals surface area contributed by atoms with Gasteiger partial charge in [0.2, 0.25) is 0 Å². The van der Waals surface area contributed by atoms with Crippen molar-refractivity contribution < 1.29 is 17.9 Å². The van der Waals surface area contributed by atoms with Gasteiger partial charge >= 0.3 is 0 Å². The Morgan fingerprint density at radius 2 is 1.83 bits per heavy atom. The zero-order chi connectivity index (χ0) is 21.6. The molecule has 1 amide bonds. The molecule has 1 aliphatic heterocycles. The van der Waals surface area contributed by atoms with Gasteiger partial charge in [0.15, 0.2) is 0 Å². The van der Waals surface area contributed by atoms with Crippen molar-refractivity contribution in [2.75, 3.05) is 56.7 Å². The van der Waals surface area contributed by atoms with Gasteiger partial charge in [0.1, 0.15) is 21.4 Å². The largest absolute Gasteiger partial charge is 0.494 e. The van der Waals surface area contributed by atoms with E-state index in [2.05, 4.69) is 15.2 Å². The van der Waals surface area contributed by atoms with Gasteiger partial charge in [-0.15, -0.1) is 0 Å². The van der Waals surface area contributed by atoms with E-state index in [1.54, 1.807) is 23.2 Å². The first kappa shape index (κ1) is 22.0. The molecule has 0 spiro atoms. The van der Waals surface area contributed by atoms with E-state index < -0.39 is 9.84 Å². The lowest BCUT2D eigenvalue weighted by molar-refractivity contribution is 0.0644. The standard InChI is InChI=1S/C21H28N4O4S/c1-3-29-18-8-6-17(7-9-18)23-20-19(5-4-10-22-20)21(26)25-13-11-24(12-14-25)15-16-30(2,27)28/h4-10H,3,11-16H2,1-2H3,(H,22,23). The van der Waals surface area contributed by atoms with Crippen LogP contribution in [0.4, 0.5) is 11.5 Å². The SMILES string of the molecule is CCOc1ccc(Nc2ncccc2C(=O)N2CCN(CCS(C)(=O)=O)CC2)cc1. The van der Waals surface area contributed by atoms with Crippen LogP contribution in [-0.4, -0.2) is 80.4 Å². The number of nitrogens with one attached hydrogen (secondary N) is 1. The van der Waals surface area contributed by atoms with E-state index in [0.717, 1.165) is 11.4 Å². The molecule has 0 unspecified atom stereocenters. The Morgan fingerprint density at radius 3 is 2.47 bits per heavy atom. The molecule has 1 aromatic heterocycles. The fourth-order valence-corrected chi connectivity index (χ4v) is 3.85. The average Bonchev–Trinajstić information content (AvgIpc) is 2.74. The van der Waals surface area contributed by atoms with Gasteiger partial charge in [-0.1, -0.05) is 0 Å². The average molecular weight is 433 g/mol. The molecule has 1 fully saturated rings. The summed E-state index contributed by atoms with van der Waals surface area (Å²) in [7, 11) is -2.98. The number of carbonyl (C=O) groups is 1. The topological polar surface area (TPSA) is 91.8 Å². The molecule has 3 rings (SSSR count). The fraction of sp³-hybridized carbons (Fsp3) is 0.429. The van der Waals surface area contributed by atoms with Crippen LogP contribution in [0.1, 0.15) is 17.3 Å². The number of amides is 1. The van der Waals surface area contributed by atoms with Crippen molar-refractivity contribution in [3.63, 3.8) is 0 Å². The molecule has 2 aromatic rings. The molecule has 9 heteroatoms. The summed E-state index contributed by atoms with van der Waals surface area (Å²) in [6, 6.07) is 11.0. The number of carbonyl (C=O) groups excluding carboxylic acids is 1. The first-order valence-corrected chi connectivity index (χ1v) is 12.1. The molecule has 0 bridgehead atoms. The number of hydrogen-bond donors (Lipinski definition) is 1. The first-order chi connectivity index (χ1) is 14.4. The van der Waals surface area contributed by atoms with E-state index in [1.165, 1.54) is 6.26 Å². The van der Waals surface area contributed by atoms with Gasteiger partial charge in [0, 0.05) is 50.9 Å². The summed E-state index contributed by atoms with van der Waals surface area (Å²) < 4.78 is 28.2. The zero-order valence-electron chi connectivity index (χ0n) is 17.4. The summed E-state index contributed by atoms with van der Waals surface area (Å²) in [5, 5.41) is 3.22. The van der Waals surface area contributed by atoms with Gasteiger partial charge < -0.3 is 15.0 Å². The third-order valence-corrected chi connectivity index (χ3v) is 5.83. The highest BCUT2D eigenvalue weighted by molar-refractivity contribution is 7.90. The van der Waals surface area contributed by atoms with Crippen LogP contribution in [0.15, 0.2) is 42.6 Å². The molecular weight excluding hydrogens is 404 g/mol. The number of pyridine rings is 1. The highest BCUT2D eigenvalue weighted by Gasteiger charge is 2.24. The molecule has 0 atom stereocenters. The summed E-state index contributed by atoms with van der Waals surface area (Å²) in [6.07, 6.45) is 2.89. The van der Waals surface area contributed by atoms with Crippen LogP contribution in [0.25, 0.3) is 0 Å². The van der Waals surface area contributed by atoms with Gasteiger partial charge in [-0.05, 0) is 43.3 Å². The summed E-state index contributed by atoms with van der Waals surface area (Å²) in [5.41, 5.74) is 1.33. The maximum Gasteiger partial charge on any atom is 0.257 e. The van der Waals surface area contributed by atoms with Gasteiger partial charge in [0.25, 0.3) is 5.91 Å². The minimum Gasteiger partial charge on any atom is -0.494 e.